The molecule has 0 spiro atoms. The lowest BCUT2D eigenvalue weighted by Gasteiger charge is -2.56. The first-order chi connectivity index (χ1) is 12.6. The summed E-state index contributed by atoms with van der Waals surface area (Å²) in [5, 5.41) is 14.3. The number of rotatable bonds is 2. The Morgan fingerprint density at radius 1 is 1.27 bits per heavy atom. The van der Waals surface area contributed by atoms with Gasteiger partial charge in [0.05, 0.1) is 18.8 Å². The van der Waals surface area contributed by atoms with Gasteiger partial charge in [0.25, 0.3) is 0 Å². The van der Waals surface area contributed by atoms with Gasteiger partial charge in [-0.05, 0) is 36.9 Å². The molecular weight excluding hydrogens is 352 g/mol. The minimum atomic E-state index is -0.792. The third-order valence-corrected chi connectivity index (χ3v) is 6.80. The maximum atomic E-state index is 13.0. The van der Waals surface area contributed by atoms with Gasteiger partial charge in [-0.15, -0.1) is 11.8 Å². The van der Waals surface area contributed by atoms with E-state index in [4.69, 9.17) is 9.47 Å². The Bertz CT molecular complexity index is 655. The summed E-state index contributed by atoms with van der Waals surface area (Å²) in [5.74, 6) is -0.118. The lowest BCUT2D eigenvalue weighted by molar-refractivity contribution is -0.211. The smallest absolute Gasteiger partial charge is 0.322 e. The van der Waals surface area contributed by atoms with Crippen molar-refractivity contribution in [1.82, 2.24) is 4.90 Å². The molecule has 4 rings (SSSR count). The molecule has 6 nitrogen and oxygen atoms in total. The Kier molecular flexibility index (Phi) is 5.14. The number of likely N-dealkylation sites (tertiary alicyclic amines) is 1. The number of amides is 2. The molecule has 3 aliphatic heterocycles. The van der Waals surface area contributed by atoms with Gasteiger partial charge >= 0.3 is 6.03 Å². The van der Waals surface area contributed by atoms with E-state index in [1.807, 2.05) is 35.4 Å². The van der Waals surface area contributed by atoms with E-state index in [9.17, 15) is 9.90 Å². The van der Waals surface area contributed by atoms with Crippen molar-refractivity contribution in [1.29, 1.82) is 0 Å². The molecule has 0 unspecified atom stereocenters. The average molecular weight is 378 g/mol. The molecule has 3 aliphatic rings. The summed E-state index contributed by atoms with van der Waals surface area (Å²) in [6, 6.07) is 7.76. The number of hydrogen-bond acceptors (Lipinski definition) is 5. The first-order valence-electron chi connectivity index (χ1n) is 9.21. The van der Waals surface area contributed by atoms with Crippen LogP contribution in [0.2, 0.25) is 0 Å². The van der Waals surface area contributed by atoms with Gasteiger partial charge in [-0.25, -0.2) is 4.79 Å². The second-order valence-electron chi connectivity index (χ2n) is 7.36. The number of nitrogens with zero attached hydrogens (tertiary/aromatic N) is 1. The third kappa shape index (κ3) is 3.22. The molecular formula is C19H26N2O4S. The van der Waals surface area contributed by atoms with Crippen LogP contribution in [0.25, 0.3) is 0 Å². The first kappa shape index (κ1) is 18.1. The third-order valence-electron chi connectivity index (χ3n) is 6.05. The normalized spacial score (nSPS) is 33.9. The molecule has 3 fully saturated rings. The number of ether oxygens (including phenoxy) is 2. The van der Waals surface area contributed by atoms with Crippen LogP contribution in [-0.4, -0.2) is 66.9 Å². The fraction of sp³-hybridized carbons (Fsp3) is 0.632. The van der Waals surface area contributed by atoms with Crippen LogP contribution in [0.4, 0.5) is 10.5 Å². The molecule has 0 aliphatic carbocycles. The Labute approximate surface area is 158 Å². The second-order valence-corrected chi connectivity index (χ2v) is 8.24. The second kappa shape index (κ2) is 7.38. The molecule has 0 aromatic heterocycles. The van der Waals surface area contributed by atoms with Crippen molar-refractivity contribution in [2.45, 2.75) is 29.4 Å². The lowest BCUT2D eigenvalue weighted by atomic mass is 9.66. The Morgan fingerprint density at radius 2 is 2.04 bits per heavy atom. The highest BCUT2D eigenvalue weighted by molar-refractivity contribution is 7.98. The number of carbonyl (C=O) groups is 1. The van der Waals surface area contributed by atoms with Crippen LogP contribution in [0.5, 0.6) is 0 Å². The average Bonchev–Trinajstić information content (AvgIpc) is 2.68. The molecule has 1 aromatic carbocycles. The maximum Gasteiger partial charge on any atom is 0.322 e. The summed E-state index contributed by atoms with van der Waals surface area (Å²) in [4.78, 5) is 16.1. The molecule has 7 heteroatoms. The summed E-state index contributed by atoms with van der Waals surface area (Å²) in [6.45, 7) is 2.72. The number of fused-ring (bicyclic) bond motifs is 3. The lowest BCUT2D eigenvalue weighted by Crippen LogP contribution is -2.69. The minimum Gasteiger partial charge on any atom is -0.389 e. The number of thioether (sulfide) groups is 1. The highest BCUT2D eigenvalue weighted by atomic mass is 32.2. The monoisotopic (exact) mass is 378 g/mol. The fourth-order valence-electron chi connectivity index (χ4n) is 4.56. The summed E-state index contributed by atoms with van der Waals surface area (Å²) in [5.41, 5.74) is -0.00254. The zero-order valence-electron chi connectivity index (χ0n) is 15.0. The van der Waals surface area contributed by atoms with E-state index in [1.54, 1.807) is 11.8 Å². The number of hydrogen-bond donors (Lipinski definition) is 2. The Hall–Kier alpha value is -1.28. The van der Waals surface area contributed by atoms with E-state index in [-0.39, 0.29) is 23.9 Å². The summed E-state index contributed by atoms with van der Waals surface area (Å²) in [7, 11) is 0. The van der Waals surface area contributed by atoms with Crippen LogP contribution in [0, 0.1) is 11.8 Å². The van der Waals surface area contributed by atoms with E-state index >= 15 is 0 Å². The highest BCUT2D eigenvalue weighted by Crippen LogP contribution is 2.44. The molecule has 142 valence electrons. The number of nitrogens with one attached hydrogen (secondary N) is 1. The largest absolute Gasteiger partial charge is 0.389 e. The zero-order chi connectivity index (χ0) is 18.1. The van der Waals surface area contributed by atoms with E-state index in [0.717, 1.165) is 17.0 Å². The number of carbonyl (C=O) groups excluding carboxylic acids is 1. The van der Waals surface area contributed by atoms with Crippen molar-refractivity contribution in [3.8, 4) is 0 Å². The standard InChI is InChI=1S/C19H26N2O4S/c1-26-15-4-2-14(3-5-15)20-18(22)21-10-13-11-25-9-7-19(13,23)16-12-24-8-6-17(16)21/h2-5,13,16-17,23H,6-12H2,1H3,(H,20,22)/t13-,16+,17-,19-/m0/s1. The van der Waals surface area contributed by atoms with Gasteiger partial charge in [-0.1, -0.05) is 0 Å². The van der Waals surface area contributed by atoms with E-state index in [1.165, 1.54) is 0 Å². The van der Waals surface area contributed by atoms with Crippen LogP contribution >= 0.6 is 11.8 Å². The highest BCUT2D eigenvalue weighted by Gasteiger charge is 2.56. The van der Waals surface area contributed by atoms with Gasteiger partial charge in [0.15, 0.2) is 0 Å². The van der Waals surface area contributed by atoms with Gasteiger partial charge in [0.1, 0.15) is 0 Å². The van der Waals surface area contributed by atoms with E-state index in [0.29, 0.717) is 39.4 Å². The van der Waals surface area contributed by atoms with Crippen molar-refractivity contribution in [2.75, 3.05) is 44.5 Å². The summed E-state index contributed by atoms with van der Waals surface area (Å²) in [6.07, 6.45) is 3.41. The molecule has 26 heavy (non-hydrogen) atoms. The van der Waals surface area contributed by atoms with E-state index < -0.39 is 5.60 Å². The van der Waals surface area contributed by atoms with Crippen LogP contribution in [0.1, 0.15) is 12.8 Å². The van der Waals surface area contributed by atoms with E-state index in [2.05, 4.69) is 5.32 Å². The number of piperidine rings is 1. The molecule has 2 amide bonds. The Balaban J connectivity index is 1.53. The molecule has 0 saturated carbocycles. The fourth-order valence-corrected chi connectivity index (χ4v) is 4.97. The van der Waals surface area contributed by atoms with Crippen LogP contribution < -0.4 is 5.32 Å². The first-order valence-corrected chi connectivity index (χ1v) is 10.4. The molecule has 3 saturated heterocycles. The van der Waals surface area contributed by atoms with Crippen molar-refractivity contribution >= 4 is 23.5 Å². The number of aliphatic hydroxyl groups is 1. The van der Waals surface area contributed by atoms with Crippen molar-refractivity contribution < 1.29 is 19.4 Å². The minimum absolute atomic E-state index is 0.00794. The molecule has 0 bridgehead atoms. The number of urea groups is 1. The van der Waals surface area contributed by atoms with Crippen molar-refractivity contribution in [3.05, 3.63) is 24.3 Å². The topological polar surface area (TPSA) is 71.0 Å². The van der Waals surface area contributed by atoms with Gasteiger partial charge in [0, 0.05) is 54.6 Å². The zero-order valence-corrected chi connectivity index (χ0v) is 15.8. The predicted octanol–water partition coefficient (Wildman–Crippen LogP) is 2.43. The quantitative estimate of drug-likeness (QED) is 0.774. The van der Waals surface area contributed by atoms with Crippen molar-refractivity contribution in [3.63, 3.8) is 0 Å². The SMILES string of the molecule is CSc1ccc(NC(=O)N2C[C@H]3COCC[C@@]3(O)[C@@H]3COCC[C@@H]32)cc1. The maximum absolute atomic E-state index is 13.0. The summed E-state index contributed by atoms with van der Waals surface area (Å²) < 4.78 is 11.3. The van der Waals surface area contributed by atoms with Gasteiger partial charge < -0.3 is 24.8 Å². The molecule has 1 aromatic rings. The number of benzene rings is 1. The number of anilines is 1. The van der Waals surface area contributed by atoms with Crippen LogP contribution in [0.15, 0.2) is 29.2 Å². The van der Waals surface area contributed by atoms with Crippen LogP contribution in [-0.2, 0) is 9.47 Å². The molecule has 0 radical (unpaired) electrons. The molecule has 2 N–H and O–H groups in total. The van der Waals surface area contributed by atoms with Gasteiger partial charge in [-0.2, -0.15) is 0 Å². The summed E-state index contributed by atoms with van der Waals surface area (Å²) >= 11 is 1.67. The molecule has 3 heterocycles. The molecule has 4 atom stereocenters. The van der Waals surface area contributed by atoms with Gasteiger partial charge in [-0.3, -0.25) is 0 Å². The Morgan fingerprint density at radius 3 is 2.81 bits per heavy atom. The predicted molar refractivity (Wildman–Crippen MR) is 101 cm³/mol. The van der Waals surface area contributed by atoms with Gasteiger partial charge in [0.2, 0.25) is 0 Å². The van der Waals surface area contributed by atoms with Crippen molar-refractivity contribution in [2.24, 2.45) is 11.8 Å². The van der Waals surface area contributed by atoms with Crippen LogP contribution in [0.3, 0.4) is 0 Å².